The fraction of sp³-hybridized carbons (Fsp3) is 1.00. The maximum atomic E-state index is 12.0. The lowest BCUT2D eigenvalue weighted by molar-refractivity contribution is -0.132. The van der Waals surface area contributed by atoms with E-state index in [0.717, 1.165) is 0 Å². The molecular formula is C5H9F2NO. The first-order valence-corrected chi connectivity index (χ1v) is 2.85. The number of β-amino-alcohol motifs (C(OH)–C–C–N with tert-alkyl or cyclic N) is 1. The summed E-state index contributed by atoms with van der Waals surface area (Å²) in [6.45, 7) is -0.0349. The quantitative estimate of drug-likeness (QED) is 0.576. The fourth-order valence-electron chi connectivity index (χ4n) is 0.908. The van der Waals surface area contributed by atoms with Gasteiger partial charge in [0.1, 0.15) is 0 Å². The van der Waals surface area contributed by atoms with E-state index in [1.165, 1.54) is 4.90 Å². The molecule has 0 amide bonds. The predicted molar refractivity (Wildman–Crippen MR) is 28.5 cm³/mol. The van der Waals surface area contributed by atoms with Gasteiger partial charge in [0.2, 0.25) is 0 Å². The normalized spacial score (nSPS) is 25.7. The van der Waals surface area contributed by atoms with E-state index in [1.807, 2.05) is 0 Å². The summed E-state index contributed by atoms with van der Waals surface area (Å²) in [5.74, 6) is -2.49. The average Bonchev–Trinajstić information content (AvgIpc) is 1.62. The van der Waals surface area contributed by atoms with Crippen molar-refractivity contribution in [2.75, 3.05) is 26.2 Å². The smallest absolute Gasteiger partial charge is 0.272 e. The molecule has 4 heteroatoms. The van der Waals surface area contributed by atoms with Crippen molar-refractivity contribution in [3.05, 3.63) is 0 Å². The van der Waals surface area contributed by atoms with Crippen LogP contribution in [0.3, 0.4) is 0 Å². The second-order valence-corrected chi connectivity index (χ2v) is 2.29. The zero-order valence-electron chi connectivity index (χ0n) is 4.98. The van der Waals surface area contributed by atoms with Crippen LogP contribution in [0.5, 0.6) is 0 Å². The number of rotatable bonds is 2. The first-order valence-electron chi connectivity index (χ1n) is 2.85. The first kappa shape index (κ1) is 6.89. The van der Waals surface area contributed by atoms with Gasteiger partial charge in [-0.2, -0.15) is 0 Å². The molecule has 0 aromatic carbocycles. The van der Waals surface area contributed by atoms with Crippen LogP contribution < -0.4 is 0 Å². The Bertz CT molecular complexity index is 99.1. The van der Waals surface area contributed by atoms with Crippen LogP contribution in [0.15, 0.2) is 0 Å². The number of halogens is 2. The Morgan fingerprint density at radius 2 is 2.00 bits per heavy atom. The van der Waals surface area contributed by atoms with Crippen molar-refractivity contribution in [1.82, 2.24) is 4.90 Å². The van der Waals surface area contributed by atoms with Crippen LogP contribution in [0, 0.1) is 0 Å². The van der Waals surface area contributed by atoms with Crippen molar-refractivity contribution in [1.29, 1.82) is 0 Å². The highest BCUT2D eigenvalue weighted by molar-refractivity contribution is 4.86. The minimum atomic E-state index is -2.49. The summed E-state index contributed by atoms with van der Waals surface area (Å²) in [7, 11) is 0. The molecule has 0 atom stereocenters. The summed E-state index contributed by atoms with van der Waals surface area (Å²) in [6, 6.07) is 0. The molecule has 0 radical (unpaired) electrons. The molecule has 1 rings (SSSR count). The van der Waals surface area contributed by atoms with E-state index >= 15 is 0 Å². The third-order valence-electron chi connectivity index (χ3n) is 1.33. The minimum Gasteiger partial charge on any atom is -0.395 e. The lowest BCUT2D eigenvalue weighted by atomic mass is 10.1. The molecule has 1 heterocycles. The zero-order valence-corrected chi connectivity index (χ0v) is 4.98. The Labute approximate surface area is 52.1 Å². The van der Waals surface area contributed by atoms with E-state index in [9.17, 15) is 8.78 Å². The van der Waals surface area contributed by atoms with Crippen molar-refractivity contribution in [2.24, 2.45) is 0 Å². The molecular weight excluding hydrogens is 128 g/mol. The SMILES string of the molecule is OCCN1CC(F)(F)C1. The first-order chi connectivity index (χ1) is 4.14. The van der Waals surface area contributed by atoms with Gasteiger partial charge in [-0.1, -0.05) is 0 Å². The molecule has 1 N–H and O–H groups in total. The molecule has 0 unspecified atom stereocenters. The molecule has 0 saturated carbocycles. The van der Waals surface area contributed by atoms with Crippen LogP contribution in [0.1, 0.15) is 0 Å². The van der Waals surface area contributed by atoms with Crippen LogP contribution in [-0.4, -0.2) is 42.2 Å². The van der Waals surface area contributed by atoms with Crippen LogP contribution in [0.2, 0.25) is 0 Å². The third-order valence-corrected chi connectivity index (χ3v) is 1.33. The summed E-state index contributed by atoms with van der Waals surface area (Å²) in [6.07, 6.45) is 0. The number of aliphatic hydroxyl groups excluding tert-OH is 1. The average molecular weight is 137 g/mol. The second kappa shape index (κ2) is 2.19. The number of aliphatic hydroxyl groups is 1. The van der Waals surface area contributed by atoms with E-state index < -0.39 is 5.92 Å². The van der Waals surface area contributed by atoms with Crippen molar-refractivity contribution >= 4 is 0 Å². The van der Waals surface area contributed by atoms with Gasteiger partial charge in [-0.3, -0.25) is 4.90 Å². The van der Waals surface area contributed by atoms with E-state index in [0.29, 0.717) is 6.54 Å². The van der Waals surface area contributed by atoms with Gasteiger partial charge < -0.3 is 5.11 Å². The molecule has 1 saturated heterocycles. The van der Waals surface area contributed by atoms with Crippen LogP contribution >= 0.6 is 0 Å². The Balaban J connectivity index is 2.12. The molecule has 1 aliphatic heterocycles. The number of hydrogen-bond acceptors (Lipinski definition) is 2. The zero-order chi connectivity index (χ0) is 6.91. The fourth-order valence-corrected chi connectivity index (χ4v) is 0.908. The standard InChI is InChI=1S/C5H9F2NO/c6-5(7)3-8(4-5)1-2-9/h9H,1-4H2. The van der Waals surface area contributed by atoms with Crippen LogP contribution in [0.25, 0.3) is 0 Å². The van der Waals surface area contributed by atoms with Gasteiger partial charge in [0.15, 0.2) is 0 Å². The molecule has 1 fully saturated rings. The predicted octanol–water partition coefficient (Wildman–Crippen LogP) is -0.0704. The van der Waals surface area contributed by atoms with Crippen molar-refractivity contribution in [2.45, 2.75) is 5.92 Å². The molecule has 54 valence electrons. The lowest BCUT2D eigenvalue weighted by Crippen LogP contribution is -2.56. The van der Waals surface area contributed by atoms with E-state index in [-0.39, 0.29) is 19.7 Å². The Morgan fingerprint density at radius 1 is 1.44 bits per heavy atom. The number of hydrogen-bond donors (Lipinski definition) is 1. The molecule has 9 heavy (non-hydrogen) atoms. The monoisotopic (exact) mass is 137 g/mol. The lowest BCUT2D eigenvalue weighted by Gasteiger charge is -2.38. The Hall–Kier alpha value is -0.220. The van der Waals surface area contributed by atoms with Gasteiger partial charge in [-0.05, 0) is 0 Å². The van der Waals surface area contributed by atoms with Crippen molar-refractivity contribution in [3.8, 4) is 0 Å². The van der Waals surface area contributed by atoms with Gasteiger partial charge in [0, 0.05) is 6.54 Å². The van der Waals surface area contributed by atoms with Gasteiger partial charge in [0.25, 0.3) is 5.92 Å². The number of likely N-dealkylation sites (tertiary alicyclic amines) is 1. The molecule has 0 spiro atoms. The van der Waals surface area contributed by atoms with Gasteiger partial charge in [0.05, 0.1) is 19.7 Å². The summed E-state index contributed by atoms with van der Waals surface area (Å²) in [5, 5.41) is 8.29. The van der Waals surface area contributed by atoms with Gasteiger partial charge in [-0.25, -0.2) is 8.78 Å². The molecule has 0 bridgehead atoms. The highest BCUT2D eigenvalue weighted by Crippen LogP contribution is 2.25. The van der Waals surface area contributed by atoms with E-state index in [2.05, 4.69) is 0 Å². The number of alkyl halides is 2. The molecule has 1 aliphatic rings. The maximum Gasteiger partial charge on any atom is 0.272 e. The molecule has 0 aliphatic carbocycles. The molecule has 0 aromatic heterocycles. The van der Waals surface area contributed by atoms with Crippen LogP contribution in [0.4, 0.5) is 8.78 Å². The highest BCUT2D eigenvalue weighted by Gasteiger charge is 2.42. The van der Waals surface area contributed by atoms with Crippen molar-refractivity contribution < 1.29 is 13.9 Å². The van der Waals surface area contributed by atoms with E-state index in [1.54, 1.807) is 0 Å². The summed E-state index contributed by atoms with van der Waals surface area (Å²) >= 11 is 0. The highest BCUT2D eigenvalue weighted by atomic mass is 19.3. The minimum absolute atomic E-state index is 0.0317. The summed E-state index contributed by atoms with van der Waals surface area (Å²) in [4.78, 5) is 1.51. The largest absolute Gasteiger partial charge is 0.395 e. The van der Waals surface area contributed by atoms with Gasteiger partial charge >= 0.3 is 0 Å². The third kappa shape index (κ3) is 1.59. The maximum absolute atomic E-state index is 12.0. The van der Waals surface area contributed by atoms with Crippen molar-refractivity contribution in [3.63, 3.8) is 0 Å². The van der Waals surface area contributed by atoms with Gasteiger partial charge in [-0.15, -0.1) is 0 Å². The Kier molecular flexibility index (Phi) is 1.68. The van der Waals surface area contributed by atoms with Crippen LogP contribution in [-0.2, 0) is 0 Å². The topological polar surface area (TPSA) is 23.5 Å². The summed E-state index contributed by atoms with van der Waals surface area (Å²) in [5.41, 5.74) is 0. The van der Waals surface area contributed by atoms with E-state index in [4.69, 9.17) is 5.11 Å². The summed E-state index contributed by atoms with van der Waals surface area (Å²) < 4.78 is 24.0. The Morgan fingerprint density at radius 3 is 2.33 bits per heavy atom. The molecule has 0 aromatic rings. The molecule has 2 nitrogen and oxygen atoms in total. The number of nitrogens with zero attached hydrogens (tertiary/aromatic N) is 1. The second-order valence-electron chi connectivity index (χ2n) is 2.29.